The minimum absolute atomic E-state index is 0.0326. The Balaban J connectivity index is 1.46. The van der Waals surface area contributed by atoms with Crippen molar-refractivity contribution >= 4 is 23.2 Å². The molecule has 26 heavy (non-hydrogen) atoms. The van der Waals surface area contributed by atoms with E-state index in [9.17, 15) is 9.59 Å². The Morgan fingerprint density at radius 3 is 2.88 bits per heavy atom. The number of fused-ring (bicyclic) bond motifs is 3. The lowest BCUT2D eigenvalue weighted by Crippen LogP contribution is -2.44. The smallest absolute Gasteiger partial charge is 0.251 e. The lowest BCUT2D eigenvalue weighted by atomic mass is 10.0. The van der Waals surface area contributed by atoms with Gasteiger partial charge in [0.15, 0.2) is 0 Å². The van der Waals surface area contributed by atoms with Gasteiger partial charge in [-0.15, -0.1) is 0 Å². The SMILES string of the molecule is C[C@@H](CNC(=O)c1ccc2c(c1)NC(=O)[C@@H]1CCCN21)c1ccccc1. The Labute approximate surface area is 153 Å². The molecule has 1 saturated heterocycles. The number of nitrogens with one attached hydrogen (secondary N) is 2. The second-order valence-corrected chi connectivity index (χ2v) is 7.09. The van der Waals surface area contributed by atoms with Crippen LogP contribution in [0.25, 0.3) is 0 Å². The van der Waals surface area contributed by atoms with E-state index in [0.29, 0.717) is 12.1 Å². The van der Waals surface area contributed by atoms with Gasteiger partial charge in [0.25, 0.3) is 5.91 Å². The van der Waals surface area contributed by atoms with Gasteiger partial charge in [-0.1, -0.05) is 37.3 Å². The summed E-state index contributed by atoms with van der Waals surface area (Å²) < 4.78 is 0. The number of hydrogen-bond acceptors (Lipinski definition) is 3. The summed E-state index contributed by atoms with van der Waals surface area (Å²) in [5.74, 6) is 0.154. The second-order valence-electron chi connectivity index (χ2n) is 7.09. The summed E-state index contributed by atoms with van der Waals surface area (Å²) in [4.78, 5) is 26.9. The molecule has 2 N–H and O–H groups in total. The van der Waals surface area contributed by atoms with Crippen molar-refractivity contribution in [3.05, 3.63) is 59.7 Å². The molecule has 0 aromatic heterocycles. The third-order valence-corrected chi connectivity index (χ3v) is 5.32. The molecular formula is C21H23N3O2. The van der Waals surface area contributed by atoms with Crippen LogP contribution in [0.3, 0.4) is 0 Å². The molecule has 0 saturated carbocycles. The first-order valence-electron chi connectivity index (χ1n) is 9.18. The third kappa shape index (κ3) is 3.05. The molecular weight excluding hydrogens is 326 g/mol. The zero-order chi connectivity index (χ0) is 18.1. The molecule has 0 spiro atoms. The summed E-state index contributed by atoms with van der Waals surface area (Å²) in [5.41, 5.74) is 3.52. The Bertz CT molecular complexity index is 834. The highest BCUT2D eigenvalue weighted by Crippen LogP contribution is 2.37. The van der Waals surface area contributed by atoms with Crippen LogP contribution in [0, 0.1) is 0 Å². The fraction of sp³-hybridized carbons (Fsp3) is 0.333. The molecule has 2 amide bonds. The van der Waals surface area contributed by atoms with E-state index in [2.05, 4.69) is 34.6 Å². The van der Waals surface area contributed by atoms with E-state index in [0.717, 1.165) is 30.8 Å². The van der Waals surface area contributed by atoms with Crippen LogP contribution in [0.2, 0.25) is 0 Å². The van der Waals surface area contributed by atoms with Crippen LogP contribution in [0.15, 0.2) is 48.5 Å². The fourth-order valence-electron chi connectivity index (χ4n) is 3.82. The maximum absolute atomic E-state index is 12.5. The highest BCUT2D eigenvalue weighted by Gasteiger charge is 2.36. The van der Waals surface area contributed by atoms with Crippen molar-refractivity contribution in [1.29, 1.82) is 0 Å². The van der Waals surface area contributed by atoms with Crippen LogP contribution in [0.1, 0.15) is 41.6 Å². The Morgan fingerprint density at radius 1 is 1.27 bits per heavy atom. The molecule has 5 heteroatoms. The number of carbonyl (C=O) groups excluding carboxylic acids is 2. The molecule has 0 radical (unpaired) electrons. The molecule has 2 heterocycles. The van der Waals surface area contributed by atoms with Gasteiger partial charge < -0.3 is 15.5 Å². The standard InChI is InChI=1S/C21H23N3O2/c1-14(15-6-3-2-4-7-15)13-22-20(25)16-9-10-18-17(12-16)23-21(26)19-8-5-11-24(18)19/h2-4,6-7,9-10,12,14,19H,5,8,11,13H2,1H3,(H,22,25)(H,23,26)/t14-,19-/m0/s1. The van der Waals surface area contributed by atoms with Crippen molar-refractivity contribution < 1.29 is 9.59 Å². The van der Waals surface area contributed by atoms with Crippen molar-refractivity contribution in [3.8, 4) is 0 Å². The van der Waals surface area contributed by atoms with E-state index in [1.54, 1.807) is 6.07 Å². The van der Waals surface area contributed by atoms with Crippen molar-refractivity contribution in [2.24, 2.45) is 0 Å². The topological polar surface area (TPSA) is 61.4 Å². The quantitative estimate of drug-likeness (QED) is 0.891. The molecule has 2 atom stereocenters. The highest BCUT2D eigenvalue weighted by molar-refractivity contribution is 6.06. The molecule has 2 aromatic carbocycles. The summed E-state index contributed by atoms with van der Waals surface area (Å²) in [6.07, 6.45) is 1.92. The maximum Gasteiger partial charge on any atom is 0.251 e. The Hall–Kier alpha value is -2.82. The predicted octanol–water partition coefficient (Wildman–Crippen LogP) is 3.14. The number of rotatable bonds is 4. The van der Waals surface area contributed by atoms with Crippen LogP contribution in [0.4, 0.5) is 11.4 Å². The largest absolute Gasteiger partial charge is 0.358 e. The lowest BCUT2D eigenvalue weighted by molar-refractivity contribution is -0.117. The molecule has 2 aromatic rings. The van der Waals surface area contributed by atoms with Gasteiger partial charge in [-0.05, 0) is 42.5 Å². The minimum atomic E-state index is -0.117. The number of anilines is 2. The highest BCUT2D eigenvalue weighted by atomic mass is 16.2. The van der Waals surface area contributed by atoms with Crippen molar-refractivity contribution in [3.63, 3.8) is 0 Å². The van der Waals surface area contributed by atoms with E-state index in [-0.39, 0.29) is 23.8 Å². The van der Waals surface area contributed by atoms with Gasteiger partial charge in [-0.2, -0.15) is 0 Å². The number of hydrogen-bond donors (Lipinski definition) is 2. The summed E-state index contributed by atoms with van der Waals surface area (Å²) in [7, 11) is 0. The van der Waals surface area contributed by atoms with E-state index in [1.165, 1.54) is 5.56 Å². The maximum atomic E-state index is 12.5. The van der Waals surface area contributed by atoms with Gasteiger partial charge in [0.2, 0.25) is 5.91 Å². The monoisotopic (exact) mass is 349 g/mol. The number of carbonyl (C=O) groups is 2. The number of benzene rings is 2. The summed E-state index contributed by atoms with van der Waals surface area (Å²) in [6.45, 7) is 3.56. The van der Waals surface area contributed by atoms with Crippen molar-refractivity contribution in [2.75, 3.05) is 23.3 Å². The van der Waals surface area contributed by atoms with Crippen LogP contribution in [0.5, 0.6) is 0 Å². The first-order valence-corrected chi connectivity index (χ1v) is 9.18. The van der Waals surface area contributed by atoms with Gasteiger partial charge in [-0.25, -0.2) is 0 Å². The first-order chi connectivity index (χ1) is 12.6. The summed E-state index contributed by atoms with van der Waals surface area (Å²) in [6, 6.07) is 15.6. The number of nitrogens with zero attached hydrogens (tertiary/aromatic N) is 1. The fourth-order valence-corrected chi connectivity index (χ4v) is 3.82. The van der Waals surface area contributed by atoms with Gasteiger partial charge in [0.05, 0.1) is 11.4 Å². The summed E-state index contributed by atoms with van der Waals surface area (Å²) >= 11 is 0. The molecule has 0 unspecified atom stereocenters. The molecule has 1 fully saturated rings. The van der Waals surface area contributed by atoms with Crippen molar-refractivity contribution in [1.82, 2.24) is 5.32 Å². The molecule has 2 aliphatic heterocycles. The normalized spacial score (nSPS) is 19.3. The van der Waals surface area contributed by atoms with Gasteiger partial charge >= 0.3 is 0 Å². The molecule has 4 rings (SSSR count). The van der Waals surface area contributed by atoms with E-state index < -0.39 is 0 Å². The van der Waals surface area contributed by atoms with Gasteiger partial charge in [0.1, 0.15) is 6.04 Å². The molecule has 0 bridgehead atoms. The molecule has 134 valence electrons. The van der Waals surface area contributed by atoms with Crippen LogP contribution in [-0.4, -0.2) is 30.9 Å². The molecule has 0 aliphatic carbocycles. The second kappa shape index (κ2) is 6.83. The molecule has 5 nitrogen and oxygen atoms in total. The van der Waals surface area contributed by atoms with Crippen LogP contribution < -0.4 is 15.5 Å². The van der Waals surface area contributed by atoms with E-state index in [4.69, 9.17) is 0 Å². The third-order valence-electron chi connectivity index (χ3n) is 5.32. The zero-order valence-corrected chi connectivity index (χ0v) is 14.9. The average molecular weight is 349 g/mol. The summed E-state index contributed by atoms with van der Waals surface area (Å²) in [5, 5.41) is 5.95. The van der Waals surface area contributed by atoms with E-state index >= 15 is 0 Å². The lowest BCUT2D eigenvalue weighted by Gasteiger charge is -2.33. The van der Waals surface area contributed by atoms with E-state index in [1.807, 2.05) is 30.3 Å². The van der Waals surface area contributed by atoms with Gasteiger partial charge in [0, 0.05) is 18.7 Å². The van der Waals surface area contributed by atoms with Crippen LogP contribution >= 0.6 is 0 Å². The zero-order valence-electron chi connectivity index (χ0n) is 14.9. The van der Waals surface area contributed by atoms with Gasteiger partial charge in [-0.3, -0.25) is 9.59 Å². The Kier molecular flexibility index (Phi) is 4.37. The van der Waals surface area contributed by atoms with Crippen LogP contribution in [-0.2, 0) is 4.79 Å². The minimum Gasteiger partial charge on any atom is -0.358 e. The predicted molar refractivity (Wildman–Crippen MR) is 103 cm³/mol. The first kappa shape index (κ1) is 16.6. The average Bonchev–Trinajstić information content (AvgIpc) is 3.17. The number of amides is 2. The Morgan fingerprint density at radius 2 is 2.08 bits per heavy atom. The molecule has 2 aliphatic rings. The van der Waals surface area contributed by atoms with Crippen molar-refractivity contribution in [2.45, 2.75) is 31.7 Å².